The SMILES string of the molecule is O=[N+]([O-])c1ccccc1S(=O)(=O)Nc1ccccc1-c1ccccn1.[Ag]. The van der Waals surface area contributed by atoms with Gasteiger partial charge in [0.2, 0.25) is 0 Å². The average Bonchev–Trinajstić information content (AvgIpc) is 2.62. The molecule has 0 aliphatic heterocycles. The van der Waals surface area contributed by atoms with Gasteiger partial charge >= 0.3 is 0 Å². The molecule has 0 aliphatic rings. The molecule has 1 aromatic heterocycles. The zero-order chi connectivity index (χ0) is 17.9. The molecule has 3 rings (SSSR count). The summed E-state index contributed by atoms with van der Waals surface area (Å²) in [6.45, 7) is 0. The van der Waals surface area contributed by atoms with E-state index in [1.165, 1.54) is 18.2 Å². The van der Waals surface area contributed by atoms with Gasteiger partial charge in [0.15, 0.2) is 4.90 Å². The smallest absolute Gasteiger partial charge is 0.279 e. The van der Waals surface area contributed by atoms with Gasteiger partial charge < -0.3 is 0 Å². The Morgan fingerprint density at radius 3 is 2.27 bits per heavy atom. The van der Waals surface area contributed by atoms with Crippen LogP contribution in [-0.2, 0) is 32.4 Å². The molecule has 2 aromatic carbocycles. The molecular formula is C17H13AgN3O4S. The van der Waals surface area contributed by atoms with Gasteiger partial charge in [-0.15, -0.1) is 0 Å². The van der Waals surface area contributed by atoms with E-state index >= 15 is 0 Å². The van der Waals surface area contributed by atoms with Crippen LogP contribution in [0.1, 0.15) is 0 Å². The van der Waals surface area contributed by atoms with Crippen LogP contribution in [0.2, 0.25) is 0 Å². The van der Waals surface area contributed by atoms with Gasteiger partial charge in [0.05, 0.1) is 16.3 Å². The molecule has 0 amide bonds. The van der Waals surface area contributed by atoms with E-state index in [4.69, 9.17) is 0 Å². The third kappa shape index (κ3) is 4.17. The van der Waals surface area contributed by atoms with Crippen LogP contribution < -0.4 is 4.72 Å². The molecule has 7 nitrogen and oxygen atoms in total. The third-order valence-electron chi connectivity index (χ3n) is 3.46. The van der Waals surface area contributed by atoms with E-state index in [1.54, 1.807) is 48.7 Å². The van der Waals surface area contributed by atoms with Crippen molar-refractivity contribution in [2.45, 2.75) is 4.90 Å². The number of rotatable bonds is 5. The maximum atomic E-state index is 12.7. The fourth-order valence-electron chi connectivity index (χ4n) is 2.35. The van der Waals surface area contributed by atoms with E-state index in [0.717, 1.165) is 6.07 Å². The molecule has 0 unspecified atom stereocenters. The van der Waals surface area contributed by atoms with Crippen molar-refractivity contribution in [1.82, 2.24) is 4.98 Å². The second-order valence-corrected chi connectivity index (χ2v) is 6.74. The predicted molar refractivity (Wildman–Crippen MR) is 93.6 cm³/mol. The number of hydrogen-bond donors (Lipinski definition) is 1. The van der Waals surface area contributed by atoms with Crippen LogP contribution in [0.3, 0.4) is 0 Å². The summed E-state index contributed by atoms with van der Waals surface area (Å²) in [4.78, 5) is 14.2. The van der Waals surface area contributed by atoms with Gasteiger partial charge in [-0.1, -0.05) is 36.4 Å². The van der Waals surface area contributed by atoms with Crippen LogP contribution in [0, 0.1) is 10.1 Å². The average molecular weight is 463 g/mol. The zero-order valence-corrected chi connectivity index (χ0v) is 15.5. The summed E-state index contributed by atoms with van der Waals surface area (Å²) in [7, 11) is -4.14. The molecule has 0 saturated carbocycles. The second kappa shape index (κ2) is 8.24. The summed E-state index contributed by atoms with van der Waals surface area (Å²) >= 11 is 0. The standard InChI is InChI=1S/C17H13N3O4S.Ag/c21-20(22)16-10-3-4-11-17(16)25(23,24)19-15-9-2-1-7-13(15)14-8-5-6-12-18-14;/h1-12,19H;. The van der Waals surface area contributed by atoms with Gasteiger partial charge in [0, 0.05) is 40.2 Å². The molecule has 3 aromatic rings. The normalized spacial score (nSPS) is 10.6. The zero-order valence-electron chi connectivity index (χ0n) is 13.2. The van der Waals surface area contributed by atoms with Gasteiger partial charge in [0.1, 0.15) is 0 Å². The van der Waals surface area contributed by atoms with Crippen molar-refractivity contribution in [3.8, 4) is 11.3 Å². The van der Waals surface area contributed by atoms with E-state index in [0.29, 0.717) is 16.9 Å². The number of nitrogens with one attached hydrogen (secondary N) is 1. The van der Waals surface area contributed by atoms with Gasteiger partial charge in [-0.3, -0.25) is 19.8 Å². The molecule has 26 heavy (non-hydrogen) atoms. The van der Waals surface area contributed by atoms with Crippen molar-refractivity contribution < 1.29 is 35.7 Å². The minimum Gasteiger partial charge on any atom is -0.279 e. The molecule has 1 N–H and O–H groups in total. The number of hydrogen-bond acceptors (Lipinski definition) is 5. The molecule has 0 saturated heterocycles. The number of para-hydroxylation sites is 2. The first-order valence-electron chi connectivity index (χ1n) is 7.26. The minimum absolute atomic E-state index is 0. The van der Waals surface area contributed by atoms with Crippen LogP contribution in [0.15, 0.2) is 77.8 Å². The van der Waals surface area contributed by atoms with Crippen molar-refractivity contribution in [3.05, 3.63) is 83.0 Å². The number of benzene rings is 2. The monoisotopic (exact) mass is 462 g/mol. The van der Waals surface area contributed by atoms with E-state index in [1.807, 2.05) is 0 Å². The van der Waals surface area contributed by atoms with Crippen molar-refractivity contribution in [1.29, 1.82) is 0 Å². The van der Waals surface area contributed by atoms with E-state index in [9.17, 15) is 18.5 Å². The number of pyridine rings is 1. The number of sulfonamides is 1. The summed E-state index contributed by atoms with van der Waals surface area (Å²) < 4.78 is 27.8. The van der Waals surface area contributed by atoms with Crippen molar-refractivity contribution in [2.24, 2.45) is 0 Å². The van der Waals surface area contributed by atoms with Gasteiger partial charge in [0.25, 0.3) is 15.7 Å². The van der Waals surface area contributed by atoms with Crippen LogP contribution in [-0.4, -0.2) is 18.3 Å². The fourth-order valence-corrected chi connectivity index (χ4v) is 3.61. The van der Waals surface area contributed by atoms with Crippen molar-refractivity contribution >= 4 is 21.4 Å². The number of nitro groups is 1. The van der Waals surface area contributed by atoms with Crippen LogP contribution >= 0.6 is 0 Å². The summed E-state index contributed by atoms with van der Waals surface area (Å²) in [5, 5.41) is 11.1. The van der Waals surface area contributed by atoms with E-state index in [2.05, 4.69) is 9.71 Å². The third-order valence-corrected chi connectivity index (χ3v) is 4.88. The molecule has 0 aliphatic carbocycles. The molecule has 9 heteroatoms. The molecule has 0 spiro atoms. The van der Waals surface area contributed by atoms with Gasteiger partial charge in [-0.25, -0.2) is 8.42 Å². The Balaban J connectivity index is 0.00000243. The van der Waals surface area contributed by atoms with Gasteiger partial charge in [-0.2, -0.15) is 0 Å². The Hall–Kier alpha value is -2.52. The number of aromatic nitrogens is 1. The van der Waals surface area contributed by atoms with Crippen LogP contribution in [0.4, 0.5) is 11.4 Å². The molecule has 137 valence electrons. The Kier molecular flexibility index (Phi) is 6.27. The van der Waals surface area contributed by atoms with E-state index in [-0.39, 0.29) is 22.4 Å². The second-order valence-electron chi connectivity index (χ2n) is 5.09. The first-order chi connectivity index (χ1) is 12.0. The quantitative estimate of drug-likeness (QED) is 0.355. The summed E-state index contributed by atoms with van der Waals surface area (Å²) in [6, 6.07) is 17.2. The fraction of sp³-hybridized carbons (Fsp3) is 0. The summed E-state index contributed by atoms with van der Waals surface area (Å²) in [6.07, 6.45) is 1.60. The van der Waals surface area contributed by atoms with Crippen LogP contribution in [0.25, 0.3) is 11.3 Å². The molecule has 1 radical (unpaired) electrons. The summed E-state index contributed by atoms with van der Waals surface area (Å²) in [5.41, 5.74) is 0.971. The maximum absolute atomic E-state index is 12.7. The summed E-state index contributed by atoms with van der Waals surface area (Å²) in [5.74, 6) is 0. The predicted octanol–water partition coefficient (Wildman–Crippen LogP) is 3.46. The number of nitro benzene ring substituents is 1. The largest absolute Gasteiger partial charge is 0.289 e. The van der Waals surface area contributed by atoms with E-state index < -0.39 is 25.5 Å². The molecular weight excluding hydrogens is 450 g/mol. The molecule has 0 atom stereocenters. The Labute approximate surface area is 165 Å². The molecule has 0 fully saturated rings. The first kappa shape index (κ1) is 19.8. The van der Waals surface area contributed by atoms with Crippen molar-refractivity contribution in [3.63, 3.8) is 0 Å². The maximum Gasteiger partial charge on any atom is 0.289 e. The van der Waals surface area contributed by atoms with Gasteiger partial charge in [-0.05, 0) is 24.3 Å². The Bertz CT molecular complexity index is 1030. The number of anilines is 1. The minimum atomic E-state index is -4.14. The topological polar surface area (TPSA) is 102 Å². The Morgan fingerprint density at radius 1 is 0.923 bits per heavy atom. The number of nitrogens with zero attached hydrogens (tertiary/aromatic N) is 2. The molecule has 0 bridgehead atoms. The van der Waals surface area contributed by atoms with Crippen LogP contribution in [0.5, 0.6) is 0 Å². The van der Waals surface area contributed by atoms with Crippen molar-refractivity contribution in [2.75, 3.05) is 4.72 Å². The Morgan fingerprint density at radius 2 is 1.58 bits per heavy atom. The first-order valence-corrected chi connectivity index (χ1v) is 8.74. The molecule has 1 heterocycles.